The van der Waals surface area contributed by atoms with Gasteiger partial charge in [-0.05, 0) is 53.3 Å². The zero-order valence-electron chi connectivity index (χ0n) is 12.5. The Hall–Kier alpha value is -1.73. The lowest BCUT2D eigenvalue weighted by atomic mass is 10.2. The van der Waals surface area contributed by atoms with Crippen LogP contribution in [0.2, 0.25) is 0 Å². The third kappa shape index (κ3) is 4.17. The quantitative estimate of drug-likeness (QED) is 0.594. The second kappa shape index (κ2) is 7.23. The van der Waals surface area contributed by atoms with Crippen LogP contribution in [-0.4, -0.2) is 10.9 Å². The number of nitrogens with zero attached hydrogens (tertiary/aromatic N) is 1. The summed E-state index contributed by atoms with van der Waals surface area (Å²) in [5.74, 6) is -0.0424. The van der Waals surface area contributed by atoms with Crippen molar-refractivity contribution in [3.05, 3.63) is 68.7 Å². The number of hydrogen-bond acceptors (Lipinski definition) is 3. The number of hydrogen-bond donors (Lipinski definition) is 1. The van der Waals surface area contributed by atoms with Gasteiger partial charge in [0.05, 0.1) is 12.1 Å². The van der Waals surface area contributed by atoms with Crippen molar-refractivity contribution in [1.29, 1.82) is 0 Å². The number of aryl methyl sites for hydroxylation is 1. The molecule has 0 atom stereocenters. The summed E-state index contributed by atoms with van der Waals surface area (Å²) in [5, 5.41) is 5.85. The van der Waals surface area contributed by atoms with E-state index < -0.39 is 0 Å². The highest BCUT2D eigenvalue weighted by Gasteiger charge is 2.10. The number of carbonyl (C=O) groups is 1. The van der Waals surface area contributed by atoms with E-state index in [1.165, 1.54) is 0 Å². The molecule has 0 aliphatic rings. The molecule has 0 bridgehead atoms. The van der Waals surface area contributed by atoms with E-state index >= 15 is 0 Å². The average Bonchev–Trinajstić information content (AvgIpc) is 2.99. The van der Waals surface area contributed by atoms with Gasteiger partial charge in [0, 0.05) is 20.2 Å². The minimum atomic E-state index is -0.0424. The maximum Gasteiger partial charge on any atom is 0.230 e. The molecule has 5 heteroatoms. The van der Waals surface area contributed by atoms with E-state index in [4.69, 9.17) is 0 Å². The highest BCUT2D eigenvalue weighted by atomic mass is 127. The van der Waals surface area contributed by atoms with Gasteiger partial charge in [-0.1, -0.05) is 30.3 Å². The minimum absolute atomic E-state index is 0.0424. The molecule has 0 fully saturated rings. The lowest BCUT2D eigenvalue weighted by molar-refractivity contribution is -0.115. The van der Waals surface area contributed by atoms with E-state index in [0.29, 0.717) is 0 Å². The predicted molar refractivity (Wildman–Crippen MR) is 104 cm³/mol. The summed E-state index contributed by atoms with van der Waals surface area (Å²) in [6.07, 6.45) is 0.286. The topological polar surface area (TPSA) is 42.0 Å². The molecule has 3 rings (SSSR count). The number of halogens is 1. The first-order valence-electron chi connectivity index (χ1n) is 7.17. The van der Waals surface area contributed by atoms with Crippen LogP contribution in [0.3, 0.4) is 0 Å². The molecule has 0 radical (unpaired) electrons. The van der Waals surface area contributed by atoms with Crippen molar-refractivity contribution in [1.82, 2.24) is 4.98 Å². The molecular formula is C18H15IN2OS. The molecule has 2 aromatic carbocycles. The maximum atomic E-state index is 12.2. The standard InChI is InChI=1S/C18H15IN2OS/c1-12-9-14(19)7-8-16(12)21-17(22)10-15-11-23-18(20-15)13-5-3-2-4-6-13/h2-9,11H,10H2,1H3,(H,21,22). The van der Waals surface area contributed by atoms with Gasteiger partial charge >= 0.3 is 0 Å². The van der Waals surface area contributed by atoms with Crippen LogP contribution in [-0.2, 0) is 11.2 Å². The van der Waals surface area contributed by atoms with Crippen LogP contribution in [0.25, 0.3) is 10.6 Å². The summed E-state index contributed by atoms with van der Waals surface area (Å²) < 4.78 is 1.16. The molecule has 1 aromatic heterocycles. The van der Waals surface area contributed by atoms with Crippen molar-refractivity contribution < 1.29 is 4.79 Å². The summed E-state index contributed by atoms with van der Waals surface area (Å²) in [6.45, 7) is 1.99. The monoisotopic (exact) mass is 434 g/mol. The lowest BCUT2D eigenvalue weighted by Gasteiger charge is -2.08. The number of amides is 1. The second-order valence-corrected chi connectivity index (χ2v) is 7.30. The second-order valence-electron chi connectivity index (χ2n) is 5.19. The van der Waals surface area contributed by atoms with Gasteiger partial charge in [-0.15, -0.1) is 11.3 Å². The van der Waals surface area contributed by atoms with E-state index in [1.807, 2.05) is 60.8 Å². The molecule has 23 heavy (non-hydrogen) atoms. The number of benzene rings is 2. The Morgan fingerprint density at radius 1 is 1.22 bits per heavy atom. The molecule has 1 amide bonds. The molecule has 0 spiro atoms. The van der Waals surface area contributed by atoms with Crippen molar-refractivity contribution >= 4 is 45.5 Å². The molecule has 116 valence electrons. The van der Waals surface area contributed by atoms with Crippen molar-refractivity contribution in [2.45, 2.75) is 13.3 Å². The van der Waals surface area contributed by atoms with Crippen LogP contribution in [0.4, 0.5) is 5.69 Å². The van der Waals surface area contributed by atoms with Crippen LogP contribution < -0.4 is 5.32 Å². The molecule has 3 aromatic rings. The fraction of sp³-hybridized carbons (Fsp3) is 0.111. The smallest absolute Gasteiger partial charge is 0.230 e. The predicted octanol–water partition coefficient (Wildman–Crippen LogP) is 4.90. The van der Waals surface area contributed by atoms with Gasteiger partial charge in [-0.3, -0.25) is 4.79 Å². The molecule has 0 saturated heterocycles. The van der Waals surface area contributed by atoms with Gasteiger partial charge in [-0.2, -0.15) is 0 Å². The van der Waals surface area contributed by atoms with E-state index in [-0.39, 0.29) is 12.3 Å². The van der Waals surface area contributed by atoms with E-state index in [2.05, 4.69) is 32.9 Å². The zero-order chi connectivity index (χ0) is 16.2. The van der Waals surface area contributed by atoms with Crippen molar-refractivity contribution in [2.24, 2.45) is 0 Å². The highest BCUT2D eigenvalue weighted by Crippen LogP contribution is 2.24. The van der Waals surface area contributed by atoms with Gasteiger partial charge in [-0.25, -0.2) is 4.98 Å². The lowest BCUT2D eigenvalue weighted by Crippen LogP contribution is -2.15. The Kier molecular flexibility index (Phi) is 5.07. The summed E-state index contributed by atoms with van der Waals surface area (Å²) in [4.78, 5) is 16.8. The van der Waals surface area contributed by atoms with Crippen molar-refractivity contribution in [3.63, 3.8) is 0 Å². The molecule has 3 nitrogen and oxygen atoms in total. The summed E-state index contributed by atoms with van der Waals surface area (Å²) in [5.41, 5.74) is 3.80. The highest BCUT2D eigenvalue weighted by molar-refractivity contribution is 14.1. The van der Waals surface area contributed by atoms with Gasteiger partial charge < -0.3 is 5.32 Å². The number of thiazole rings is 1. The average molecular weight is 434 g/mol. The molecule has 0 aliphatic heterocycles. The van der Waals surface area contributed by atoms with E-state index in [1.54, 1.807) is 11.3 Å². The normalized spacial score (nSPS) is 10.5. The molecule has 1 N–H and O–H groups in total. The minimum Gasteiger partial charge on any atom is -0.326 e. The number of carbonyl (C=O) groups excluding carboxylic acids is 1. The first-order valence-corrected chi connectivity index (χ1v) is 9.13. The van der Waals surface area contributed by atoms with Gasteiger partial charge in [0.25, 0.3) is 0 Å². The first kappa shape index (κ1) is 16.1. The first-order chi connectivity index (χ1) is 11.1. The molecule has 0 unspecified atom stereocenters. The third-order valence-corrected chi connectivity index (χ3v) is 4.99. The van der Waals surface area contributed by atoms with Crippen LogP contribution >= 0.6 is 33.9 Å². The van der Waals surface area contributed by atoms with Crippen molar-refractivity contribution in [2.75, 3.05) is 5.32 Å². The fourth-order valence-corrected chi connectivity index (χ4v) is 3.70. The Balaban J connectivity index is 1.68. The largest absolute Gasteiger partial charge is 0.326 e. The molecule has 0 saturated carbocycles. The van der Waals surface area contributed by atoms with Gasteiger partial charge in [0.2, 0.25) is 5.91 Å². The van der Waals surface area contributed by atoms with E-state index in [9.17, 15) is 4.79 Å². The van der Waals surface area contributed by atoms with Crippen LogP contribution in [0.15, 0.2) is 53.9 Å². The fourth-order valence-electron chi connectivity index (χ4n) is 2.23. The number of anilines is 1. The van der Waals surface area contributed by atoms with Gasteiger partial charge in [0.15, 0.2) is 0 Å². The van der Waals surface area contributed by atoms with Gasteiger partial charge in [0.1, 0.15) is 5.01 Å². The van der Waals surface area contributed by atoms with Crippen LogP contribution in [0, 0.1) is 10.5 Å². The number of nitrogens with one attached hydrogen (secondary N) is 1. The number of aromatic nitrogens is 1. The number of rotatable bonds is 4. The SMILES string of the molecule is Cc1cc(I)ccc1NC(=O)Cc1csc(-c2ccccc2)n1. The molecule has 0 aliphatic carbocycles. The summed E-state index contributed by atoms with van der Waals surface area (Å²) in [6, 6.07) is 16.0. The Morgan fingerprint density at radius 2 is 2.00 bits per heavy atom. The zero-order valence-corrected chi connectivity index (χ0v) is 15.5. The summed E-state index contributed by atoms with van der Waals surface area (Å²) in [7, 11) is 0. The van der Waals surface area contributed by atoms with Crippen LogP contribution in [0.1, 0.15) is 11.3 Å². The Labute approximate surface area is 152 Å². The summed E-state index contributed by atoms with van der Waals surface area (Å²) >= 11 is 3.83. The Morgan fingerprint density at radius 3 is 2.74 bits per heavy atom. The molecular weight excluding hydrogens is 419 g/mol. The van der Waals surface area contributed by atoms with Crippen molar-refractivity contribution in [3.8, 4) is 10.6 Å². The Bertz CT molecular complexity index is 830. The van der Waals surface area contributed by atoms with E-state index in [0.717, 1.165) is 31.1 Å². The third-order valence-electron chi connectivity index (χ3n) is 3.38. The van der Waals surface area contributed by atoms with Crippen LogP contribution in [0.5, 0.6) is 0 Å². The maximum absolute atomic E-state index is 12.2. The molecule has 1 heterocycles.